The molecule has 0 bridgehead atoms. The molecule has 1 saturated carbocycles. The summed E-state index contributed by atoms with van der Waals surface area (Å²) in [6.45, 7) is 11.3. The van der Waals surface area contributed by atoms with Gasteiger partial charge in [0.2, 0.25) is 23.5 Å². The van der Waals surface area contributed by atoms with Gasteiger partial charge in [-0.15, -0.1) is 0 Å². The Morgan fingerprint density at radius 2 is 1.70 bits per heavy atom. The average Bonchev–Trinajstić information content (AvgIpc) is 3.26. The van der Waals surface area contributed by atoms with Crippen LogP contribution in [0.25, 0.3) is 0 Å². The second-order valence-corrected chi connectivity index (χ2v) is 12.6. The van der Waals surface area contributed by atoms with Gasteiger partial charge in [-0.3, -0.25) is 24.0 Å². The summed E-state index contributed by atoms with van der Waals surface area (Å²) in [6, 6.07) is -3.54. The van der Waals surface area contributed by atoms with Crippen molar-refractivity contribution in [2.45, 2.75) is 104 Å². The van der Waals surface area contributed by atoms with Gasteiger partial charge >= 0.3 is 6.03 Å². The number of nitrogens with zero attached hydrogens (tertiary/aromatic N) is 2. The lowest BCUT2D eigenvalue weighted by Gasteiger charge is -2.36. The number of nitrogens with one attached hydrogen (secondary N) is 3. The van der Waals surface area contributed by atoms with E-state index < -0.39 is 53.1 Å². The third kappa shape index (κ3) is 8.66. The molecule has 2 rings (SSSR count). The Morgan fingerprint density at radius 3 is 2.20 bits per heavy atom. The lowest BCUT2D eigenvalue weighted by Crippen LogP contribution is -2.60. The smallest absolute Gasteiger partial charge is 0.315 e. The maximum atomic E-state index is 13.8. The Kier molecular flexibility index (Phi) is 11.5. The molecule has 5 atom stereocenters. The molecule has 1 heterocycles. The summed E-state index contributed by atoms with van der Waals surface area (Å²) in [5.41, 5.74) is 4.53. The highest BCUT2D eigenvalue weighted by atomic mass is 16.2. The number of likely N-dealkylation sites (tertiary alicyclic amines) is 1. The van der Waals surface area contributed by atoms with E-state index in [1.54, 1.807) is 32.7 Å². The zero-order valence-electron chi connectivity index (χ0n) is 25.0. The molecule has 6 amide bonds. The first-order valence-electron chi connectivity index (χ1n) is 14.3. The molecular formula is C28H48N6O6. The number of likely N-dealkylation sites (N-methyl/N-ethyl adjacent to an activating group) is 1. The van der Waals surface area contributed by atoms with E-state index in [0.29, 0.717) is 19.4 Å². The zero-order chi connectivity index (χ0) is 30.4. The molecule has 0 aromatic heterocycles. The van der Waals surface area contributed by atoms with E-state index >= 15 is 0 Å². The highest BCUT2D eigenvalue weighted by Gasteiger charge is 2.45. The van der Waals surface area contributed by atoms with Crippen LogP contribution in [0.4, 0.5) is 4.79 Å². The van der Waals surface area contributed by atoms with Crippen LogP contribution in [0.1, 0.15) is 80.1 Å². The first-order chi connectivity index (χ1) is 18.6. The van der Waals surface area contributed by atoms with Gasteiger partial charge in [-0.1, -0.05) is 53.9 Å². The fourth-order valence-corrected chi connectivity index (χ4v) is 5.07. The van der Waals surface area contributed by atoms with Gasteiger partial charge in [-0.25, -0.2) is 4.79 Å². The zero-order valence-corrected chi connectivity index (χ0v) is 25.0. The molecule has 226 valence electrons. The molecule has 0 spiro atoms. The van der Waals surface area contributed by atoms with Crippen LogP contribution in [0.2, 0.25) is 0 Å². The van der Waals surface area contributed by atoms with Crippen LogP contribution >= 0.6 is 0 Å². The van der Waals surface area contributed by atoms with E-state index in [-0.39, 0.29) is 30.3 Å². The molecule has 12 heteroatoms. The number of carbonyl (C=O) groups excluding carboxylic acids is 6. The Hall–Kier alpha value is -3.18. The van der Waals surface area contributed by atoms with E-state index in [2.05, 4.69) is 16.0 Å². The van der Waals surface area contributed by atoms with Crippen molar-refractivity contribution in [3.63, 3.8) is 0 Å². The van der Waals surface area contributed by atoms with E-state index in [1.807, 2.05) is 20.8 Å². The van der Waals surface area contributed by atoms with E-state index in [1.165, 1.54) is 4.90 Å². The number of amides is 6. The topological polar surface area (TPSA) is 171 Å². The van der Waals surface area contributed by atoms with Gasteiger partial charge in [0, 0.05) is 19.6 Å². The van der Waals surface area contributed by atoms with Crippen LogP contribution in [-0.2, 0) is 24.0 Å². The van der Waals surface area contributed by atoms with Gasteiger partial charge < -0.3 is 31.5 Å². The van der Waals surface area contributed by atoms with Crippen LogP contribution in [0, 0.1) is 17.3 Å². The van der Waals surface area contributed by atoms with E-state index in [4.69, 9.17) is 5.73 Å². The molecular weight excluding hydrogens is 516 g/mol. The van der Waals surface area contributed by atoms with Crippen LogP contribution in [-0.4, -0.2) is 89.5 Å². The number of hydrogen-bond acceptors (Lipinski definition) is 6. The van der Waals surface area contributed by atoms with Gasteiger partial charge in [-0.2, -0.15) is 0 Å². The van der Waals surface area contributed by atoms with E-state index in [0.717, 1.165) is 25.7 Å². The lowest BCUT2D eigenvalue weighted by atomic mass is 9.80. The number of rotatable bonds is 12. The lowest BCUT2D eigenvalue weighted by molar-refractivity contribution is -0.143. The van der Waals surface area contributed by atoms with Gasteiger partial charge in [-0.05, 0) is 43.4 Å². The van der Waals surface area contributed by atoms with Crippen molar-refractivity contribution < 1.29 is 28.8 Å². The second-order valence-electron chi connectivity index (χ2n) is 12.6. The van der Waals surface area contributed by atoms with Crippen molar-refractivity contribution in [1.82, 2.24) is 25.8 Å². The minimum Gasteiger partial charge on any atom is -0.363 e. The monoisotopic (exact) mass is 564 g/mol. The summed E-state index contributed by atoms with van der Waals surface area (Å²) in [4.78, 5) is 79.5. The third-order valence-electron chi connectivity index (χ3n) is 8.20. The molecule has 0 aromatic rings. The van der Waals surface area contributed by atoms with Crippen molar-refractivity contribution in [2.24, 2.45) is 23.0 Å². The standard InChI is InChI=1S/C28H48N6O6/c1-8-17(3)33(7)21(35)14-30-27(40)32-23(28(4,5)6)26(39)34-15-16(2)12-20(34)25(38)31-19(22(36)24(29)37)13-18-10-9-11-18/h16-20,23H,8-15H2,1-7H3,(H2,29,37)(H,31,38)(H2,30,32,40). The summed E-state index contributed by atoms with van der Waals surface area (Å²) >= 11 is 0. The van der Waals surface area contributed by atoms with Gasteiger partial charge in [0.05, 0.1) is 12.6 Å². The molecule has 12 nitrogen and oxygen atoms in total. The summed E-state index contributed by atoms with van der Waals surface area (Å²) in [7, 11) is 1.67. The van der Waals surface area contributed by atoms with Crippen molar-refractivity contribution in [3.8, 4) is 0 Å². The SMILES string of the molecule is CCC(C)N(C)C(=O)CNC(=O)NC(C(=O)N1CC(C)CC1C(=O)NC(CC1CCC1)C(=O)C(N)=O)C(C)(C)C. The number of Topliss-reactive ketones (excluding diaryl/α,β-unsaturated/α-hetero) is 1. The Balaban J connectivity index is 2.14. The molecule has 5 N–H and O–H groups in total. The molecule has 1 aliphatic carbocycles. The third-order valence-corrected chi connectivity index (χ3v) is 8.20. The summed E-state index contributed by atoms with van der Waals surface area (Å²) in [5.74, 6) is -2.93. The fraction of sp³-hybridized carbons (Fsp3) is 0.786. The van der Waals surface area contributed by atoms with Gasteiger partial charge in [0.25, 0.3) is 5.91 Å². The summed E-state index contributed by atoms with van der Waals surface area (Å²) in [6.07, 6.45) is 4.36. The quantitative estimate of drug-likeness (QED) is 0.257. The summed E-state index contributed by atoms with van der Waals surface area (Å²) in [5, 5.41) is 7.94. The van der Waals surface area contributed by atoms with Crippen LogP contribution in [0.5, 0.6) is 0 Å². The maximum absolute atomic E-state index is 13.8. The Morgan fingerprint density at radius 1 is 1.07 bits per heavy atom. The predicted octanol–water partition coefficient (Wildman–Crippen LogP) is 0.924. The largest absolute Gasteiger partial charge is 0.363 e. The molecule has 5 unspecified atom stereocenters. The first-order valence-corrected chi connectivity index (χ1v) is 14.3. The number of urea groups is 1. The molecule has 1 saturated heterocycles. The van der Waals surface area contributed by atoms with Gasteiger partial charge in [0.1, 0.15) is 12.1 Å². The molecule has 0 radical (unpaired) electrons. The second kappa shape index (κ2) is 13.9. The van der Waals surface area contributed by atoms with Crippen LogP contribution in [0.3, 0.4) is 0 Å². The molecule has 0 aromatic carbocycles. The molecule has 1 aliphatic heterocycles. The average molecular weight is 565 g/mol. The minimum absolute atomic E-state index is 0.000201. The van der Waals surface area contributed by atoms with Crippen molar-refractivity contribution in [2.75, 3.05) is 20.1 Å². The number of nitrogens with two attached hydrogens (primary N) is 1. The van der Waals surface area contributed by atoms with E-state index in [9.17, 15) is 28.8 Å². The number of hydrogen-bond donors (Lipinski definition) is 4. The van der Waals surface area contributed by atoms with Crippen molar-refractivity contribution in [3.05, 3.63) is 0 Å². The first kappa shape index (κ1) is 33.0. The number of carbonyl (C=O) groups is 6. The van der Waals surface area contributed by atoms with Crippen LogP contribution in [0.15, 0.2) is 0 Å². The van der Waals surface area contributed by atoms with Crippen molar-refractivity contribution >= 4 is 35.4 Å². The predicted molar refractivity (Wildman–Crippen MR) is 150 cm³/mol. The Labute approximate surface area is 237 Å². The normalized spacial score (nSPS) is 21.4. The Bertz CT molecular complexity index is 975. The minimum atomic E-state index is -1.10. The molecule has 2 fully saturated rings. The fourth-order valence-electron chi connectivity index (χ4n) is 5.07. The van der Waals surface area contributed by atoms with Crippen LogP contribution < -0.4 is 21.7 Å². The highest BCUT2D eigenvalue weighted by molar-refractivity contribution is 6.37. The summed E-state index contributed by atoms with van der Waals surface area (Å²) < 4.78 is 0. The molecule has 2 aliphatic rings. The number of ketones is 1. The van der Waals surface area contributed by atoms with Gasteiger partial charge in [0.15, 0.2) is 0 Å². The highest BCUT2D eigenvalue weighted by Crippen LogP contribution is 2.31. The number of primary amides is 1. The molecule has 40 heavy (non-hydrogen) atoms. The van der Waals surface area contributed by atoms with Crippen molar-refractivity contribution in [1.29, 1.82) is 0 Å². The maximum Gasteiger partial charge on any atom is 0.315 e.